The molecule has 0 aromatic heterocycles. The van der Waals surface area contributed by atoms with Gasteiger partial charge in [-0.3, -0.25) is 0 Å². The second kappa shape index (κ2) is 10.3. The van der Waals surface area contributed by atoms with Crippen molar-refractivity contribution < 1.29 is 20.4 Å². The van der Waals surface area contributed by atoms with Gasteiger partial charge >= 0.3 is 215 Å². The van der Waals surface area contributed by atoms with Gasteiger partial charge in [0.2, 0.25) is 0 Å². The van der Waals surface area contributed by atoms with Crippen LogP contribution in [0.15, 0.2) is 76.4 Å². The summed E-state index contributed by atoms with van der Waals surface area (Å²) in [5.74, 6) is 0. The van der Waals surface area contributed by atoms with E-state index in [0.29, 0.717) is 3.63 Å². The van der Waals surface area contributed by atoms with Gasteiger partial charge in [0.1, 0.15) is 0 Å². The summed E-state index contributed by atoms with van der Waals surface area (Å²) < 4.78 is 1.31. The summed E-state index contributed by atoms with van der Waals surface area (Å²) in [6.07, 6.45) is 3.69. The van der Waals surface area contributed by atoms with Crippen LogP contribution < -0.4 is 0 Å². The maximum atomic E-state index is 7.09. The topological polar surface area (TPSA) is 0 Å². The molecular formula is C30H37ClSiZr. The van der Waals surface area contributed by atoms with E-state index >= 15 is 0 Å². The Balaban J connectivity index is 2.04. The van der Waals surface area contributed by atoms with Crippen LogP contribution in [0.2, 0.25) is 21.7 Å². The van der Waals surface area contributed by atoms with Gasteiger partial charge in [-0.1, -0.05) is 0 Å². The number of unbranched alkanes of at least 4 members (excludes halogenated alkanes) is 1. The second-order valence-corrected chi connectivity index (χ2v) is 28.3. The average Bonchev–Trinajstić information content (AvgIpc) is 3.22. The first-order chi connectivity index (χ1) is 15.8. The first-order valence-electron chi connectivity index (χ1n) is 12.4. The van der Waals surface area contributed by atoms with E-state index in [2.05, 4.69) is 96.2 Å². The van der Waals surface area contributed by atoms with Crippen molar-refractivity contribution in [2.45, 2.75) is 74.2 Å². The third kappa shape index (κ3) is 4.41. The number of hydrogen-bond acceptors (Lipinski definition) is 0. The molecule has 0 amide bonds. The van der Waals surface area contributed by atoms with Crippen LogP contribution in [0.5, 0.6) is 0 Å². The van der Waals surface area contributed by atoms with Crippen LogP contribution in [-0.2, 0) is 20.4 Å². The van der Waals surface area contributed by atoms with Crippen molar-refractivity contribution in [1.82, 2.24) is 0 Å². The molecule has 2 aromatic rings. The number of benzene rings is 2. The molecule has 0 saturated carbocycles. The molecule has 0 heterocycles. The van der Waals surface area contributed by atoms with Crippen LogP contribution in [0.3, 0.4) is 0 Å². The zero-order valence-electron chi connectivity index (χ0n) is 21.3. The van der Waals surface area contributed by atoms with Gasteiger partial charge in [-0.05, 0) is 0 Å². The van der Waals surface area contributed by atoms with Gasteiger partial charge in [0, 0.05) is 0 Å². The molecule has 0 saturated heterocycles. The Hall–Kier alpha value is -0.950. The van der Waals surface area contributed by atoms with Gasteiger partial charge in [0.05, 0.1) is 0 Å². The van der Waals surface area contributed by atoms with Gasteiger partial charge in [-0.2, -0.15) is 0 Å². The van der Waals surface area contributed by atoms with Gasteiger partial charge in [-0.25, -0.2) is 0 Å². The van der Waals surface area contributed by atoms with Gasteiger partial charge in [0.25, 0.3) is 0 Å². The second-order valence-electron chi connectivity index (χ2n) is 10.0. The predicted octanol–water partition coefficient (Wildman–Crippen LogP) is 9.73. The first-order valence-corrected chi connectivity index (χ1v) is 21.8. The SMILES string of the molecule is CCCCC1=C(c2ccccc2)c2cccc(Cl)c2[CH]1[Zr]([CH]1C(C)=C(C)C(C)=C1C)=[Si](C)C. The van der Waals surface area contributed by atoms with Crippen molar-refractivity contribution in [3.8, 4) is 0 Å². The van der Waals surface area contributed by atoms with Crippen LogP contribution in [0, 0.1) is 0 Å². The number of allylic oxidation sites excluding steroid dienone is 5. The molecule has 4 rings (SSSR count). The van der Waals surface area contributed by atoms with Gasteiger partial charge in [0.15, 0.2) is 0 Å². The maximum absolute atomic E-state index is 7.09. The predicted molar refractivity (Wildman–Crippen MR) is 144 cm³/mol. The Bertz CT molecular complexity index is 1190. The average molecular weight is 552 g/mol. The van der Waals surface area contributed by atoms with E-state index in [1.807, 2.05) is 0 Å². The third-order valence-corrected chi connectivity index (χ3v) is 28.1. The molecule has 0 fully saturated rings. The summed E-state index contributed by atoms with van der Waals surface area (Å²) >= 11 is 5.02. The van der Waals surface area contributed by atoms with E-state index in [0.717, 1.165) is 8.65 Å². The molecule has 0 nitrogen and oxygen atoms in total. The number of hydrogen-bond donors (Lipinski definition) is 0. The molecule has 0 radical (unpaired) electrons. The van der Waals surface area contributed by atoms with Gasteiger partial charge in [-0.15, -0.1) is 0 Å². The summed E-state index contributed by atoms with van der Waals surface area (Å²) in [7, 11) is 0. The zero-order chi connectivity index (χ0) is 23.9. The third-order valence-electron chi connectivity index (χ3n) is 7.95. The summed E-state index contributed by atoms with van der Waals surface area (Å²) in [5.41, 5.74) is 13.5. The standard InChI is InChI=1S/C19H18Cl.C9H13.C2H6Si.Zr/c1-2-3-8-15-13-17-16(11-7-12-18(17)20)19(15)14-9-5-4-6-10-14;1-6-5-7(2)9(4)8(6)3;1-3-2;/h4-7,9-13H,2-3,8H2,1H3;5H,1-4H3;1-2H3;. The van der Waals surface area contributed by atoms with Crippen molar-refractivity contribution in [3.63, 3.8) is 0 Å². The van der Waals surface area contributed by atoms with E-state index in [1.54, 1.807) is 27.9 Å². The molecule has 2 aromatic carbocycles. The normalized spacial score (nSPS) is 18.5. The van der Waals surface area contributed by atoms with Crippen LogP contribution in [0.4, 0.5) is 0 Å². The Labute approximate surface area is 214 Å². The number of rotatable bonds is 6. The Kier molecular flexibility index (Phi) is 7.89. The van der Waals surface area contributed by atoms with Crippen molar-refractivity contribution in [2.24, 2.45) is 0 Å². The van der Waals surface area contributed by atoms with E-state index in [1.165, 1.54) is 41.5 Å². The quantitative estimate of drug-likeness (QED) is 0.313. The minimum absolute atomic E-state index is 0.434. The van der Waals surface area contributed by atoms with Crippen molar-refractivity contribution in [2.75, 3.05) is 0 Å². The summed E-state index contributed by atoms with van der Waals surface area (Å²) in [5, 5.41) is 0.994. The van der Waals surface area contributed by atoms with Crippen molar-refractivity contribution in [1.29, 1.82) is 0 Å². The molecule has 0 spiro atoms. The van der Waals surface area contributed by atoms with Crippen LogP contribution in [-0.4, -0.2) is 5.43 Å². The Morgan fingerprint density at radius 3 is 2.06 bits per heavy atom. The number of halogens is 1. The number of fused-ring (bicyclic) bond motifs is 1. The first kappa shape index (κ1) is 25.2. The molecular weight excluding hydrogens is 515 g/mol. The van der Waals surface area contributed by atoms with E-state index in [4.69, 9.17) is 11.6 Å². The molecule has 2 aliphatic rings. The molecule has 0 aliphatic heterocycles. The molecule has 0 N–H and O–H groups in total. The van der Waals surface area contributed by atoms with Crippen LogP contribution in [0.25, 0.3) is 5.57 Å². The summed E-state index contributed by atoms with van der Waals surface area (Å²) in [4.78, 5) is 0. The van der Waals surface area contributed by atoms with Crippen molar-refractivity contribution in [3.05, 3.63) is 98.1 Å². The Morgan fingerprint density at radius 1 is 0.848 bits per heavy atom. The van der Waals surface area contributed by atoms with E-state index < -0.39 is 25.8 Å². The van der Waals surface area contributed by atoms with Gasteiger partial charge < -0.3 is 0 Å². The minimum atomic E-state index is -2.07. The summed E-state index contributed by atoms with van der Waals surface area (Å²) in [6.45, 7) is 17.1. The molecule has 1 unspecified atom stereocenters. The fourth-order valence-electron chi connectivity index (χ4n) is 6.03. The Morgan fingerprint density at radius 2 is 1.48 bits per heavy atom. The molecule has 3 heteroatoms. The fraction of sp³-hybridized carbons (Fsp3) is 0.400. The molecule has 172 valence electrons. The summed E-state index contributed by atoms with van der Waals surface area (Å²) in [6, 6.07) is 17.8. The van der Waals surface area contributed by atoms with Crippen LogP contribution in [0.1, 0.15) is 74.2 Å². The fourth-order valence-corrected chi connectivity index (χ4v) is 28.0. The molecule has 0 bridgehead atoms. The van der Waals surface area contributed by atoms with E-state index in [-0.39, 0.29) is 0 Å². The van der Waals surface area contributed by atoms with Crippen molar-refractivity contribution >= 4 is 22.6 Å². The zero-order valence-corrected chi connectivity index (χ0v) is 25.5. The molecule has 1 atom stereocenters. The molecule has 33 heavy (non-hydrogen) atoms. The molecule has 2 aliphatic carbocycles. The monoisotopic (exact) mass is 550 g/mol. The van der Waals surface area contributed by atoms with Crippen LogP contribution >= 0.6 is 11.6 Å². The van der Waals surface area contributed by atoms with E-state index in [9.17, 15) is 0 Å².